The van der Waals surface area contributed by atoms with E-state index in [1.165, 1.54) is 6.26 Å². The van der Waals surface area contributed by atoms with Crippen LogP contribution in [0.1, 0.15) is 33.4 Å². The Morgan fingerprint density at radius 1 is 1.22 bits per heavy atom. The van der Waals surface area contributed by atoms with E-state index in [0.717, 1.165) is 11.3 Å². The van der Waals surface area contributed by atoms with Crippen LogP contribution in [-0.2, 0) is 0 Å². The normalized spacial score (nSPS) is 11.9. The van der Waals surface area contributed by atoms with Crippen molar-refractivity contribution in [1.29, 1.82) is 0 Å². The van der Waals surface area contributed by atoms with Gasteiger partial charge in [0.1, 0.15) is 5.76 Å². The largest absolute Gasteiger partial charge is 0.469 e. The Bertz CT molecular complexity index is 815. The van der Waals surface area contributed by atoms with E-state index >= 15 is 0 Å². The Kier molecular flexibility index (Phi) is 4.44. The van der Waals surface area contributed by atoms with Gasteiger partial charge in [0, 0.05) is 11.2 Å². The third kappa shape index (κ3) is 3.43. The van der Waals surface area contributed by atoms with Crippen LogP contribution in [0.3, 0.4) is 0 Å². The third-order valence-electron chi connectivity index (χ3n) is 3.54. The Morgan fingerprint density at radius 2 is 2.09 bits per heavy atom. The number of nitrogens with zero attached hydrogens (tertiary/aromatic N) is 1. The molecule has 0 saturated carbocycles. The fourth-order valence-corrected chi connectivity index (χ4v) is 2.59. The van der Waals surface area contributed by atoms with E-state index in [1.807, 2.05) is 36.4 Å². The van der Waals surface area contributed by atoms with Crippen LogP contribution in [0.15, 0.2) is 65.4 Å². The highest BCUT2D eigenvalue weighted by Crippen LogP contribution is 2.24. The minimum absolute atomic E-state index is 0.216. The van der Waals surface area contributed by atoms with Crippen molar-refractivity contribution in [2.45, 2.75) is 13.0 Å². The summed E-state index contributed by atoms with van der Waals surface area (Å²) < 4.78 is 5.20. The van der Waals surface area contributed by atoms with Gasteiger partial charge in [-0.1, -0.05) is 29.8 Å². The zero-order valence-corrected chi connectivity index (χ0v) is 13.2. The predicted molar refractivity (Wildman–Crippen MR) is 88.4 cm³/mol. The molecule has 5 heteroatoms. The highest BCUT2D eigenvalue weighted by Gasteiger charge is 2.21. The number of hydrogen-bond donors (Lipinski definition) is 1. The number of benzene rings is 1. The minimum atomic E-state index is -0.392. The molecular weight excluding hydrogens is 312 g/mol. The quantitative estimate of drug-likeness (QED) is 0.783. The molecule has 0 spiro atoms. The van der Waals surface area contributed by atoms with Crippen molar-refractivity contribution in [1.82, 2.24) is 10.3 Å². The van der Waals surface area contributed by atoms with Crippen LogP contribution in [-0.4, -0.2) is 10.9 Å². The monoisotopic (exact) mass is 326 g/mol. The van der Waals surface area contributed by atoms with Gasteiger partial charge in [0.2, 0.25) is 0 Å². The minimum Gasteiger partial charge on any atom is -0.469 e. The van der Waals surface area contributed by atoms with Crippen molar-refractivity contribution >= 4 is 17.5 Å². The van der Waals surface area contributed by atoms with Crippen molar-refractivity contribution in [3.8, 4) is 0 Å². The van der Waals surface area contributed by atoms with E-state index in [-0.39, 0.29) is 5.91 Å². The molecule has 0 aliphatic rings. The van der Waals surface area contributed by atoms with E-state index in [2.05, 4.69) is 10.3 Å². The van der Waals surface area contributed by atoms with Gasteiger partial charge in [0.25, 0.3) is 5.91 Å². The molecule has 3 rings (SSSR count). The van der Waals surface area contributed by atoms with Crippen LogP contribution in [0.25, 0.3) is 0 Å². The second-order valence-corrected chi connectivity index (χ2v) is 5.54. The molecule has 0 radical (unpaired) electrons. The molecule has 0 saturated heterocycles. The first-order valence-corrected chi connectivity index (χ1v) is 7.54. The highest BCUT2D eigenvalue weighted by atomic mass is 35.5. The number of amides is 1. The van der Waals surface area contributed by atoms with E-state index in [1.54, 1.807) is 25.3 Å². The zero-order valence-electron chi connectivity index (χ0n) is 12.5. The van der Waals surface area contributed by atoms with Crippen molar-refractivity contribution in [2.75, 3.05) is 0 Å². The topological polar surface area (TPSA) is 55.1 Å². The molecule has 116 valence electrons. The number of carbonyl (C=O) groups excluding carboxylic acids is 1. The first kappa shape index (κ1) is 15.3. The fraction of sp³-hybridized carbons (Fsp3) is 0.111. The molecule has 1 unspecified atom stereocenters. The number of aromatic nitrogens is 1. The van der Waals surface area contributed by atoms with Gasteiger partial charge in [-0.3, -0.25) is 9.78 Å². The van der Waals surface area contributed by atoms with Crippen molar-refractivity contribution in [3.63, 3.8) is 0 Å². The maximum Gasteiger partial charge on any atom is 0.255 e. The molecule has 3 aromatic rings. The Morgan fingerprint density at radius 3 is 2.74 bits per heavy atom. The van der Waals surface area contributed by atoms with Gasteiger partial charge >= 0.3 is 0 Å². The average Bonchev–Trinajstić information content (AvgIpc) is 2.99. The highest BCUT2D eigenvalue weighted by molar-refractivity contribution is 6.30. The summed E-state index contributed by atoms with van der Waals surface area (Å²) in [5, 5.41) is 3.61. The van der Waals surface area contributed by atoms with Gasteiger partial charge < -0.3 is 9.73 Å². The molecular formula is C18H15ClN2O2. The molecule has 23 heavy (non-hydrogen) atoms. The lowest BCUT2D eigenvalue weighted by Gasteiger charge is -2.19. The number of aryl methyl sites for hydroxylation is 1. The second-order valence-electron chi connectivity index (χ2n) is 5.11. The number of nitrogens with one attached hydrogen (secondary N) is 1. The maximum atomic E-state index is 12.5. The first-order chi connectivity index (χ1) is 11.1. The van der Waals surface area contributed by atoms with E-state index < -0.39 is 6.04 Å². The summed E-state index contributed by atoms with van der Waals surface area (Å²) in [6, 6.07) is 14.2. The Labute approximate surface area is 139 Å². The molecule has 0 aliphatic carbocycles. The Hall–Kier alpha value is -2.59. The summed E-state index contributed by atoms with van der Waals surface area (Å²) >= 11 is 6.09. The summed E-state index contributed by atoms with van der Waals surface area (Å²) in [7, 11) is 0. The SMILES string of the molecule is Cc1occc1C(=O)NC(c1cccc(Cl)c1)c1ccccn1. The van der Waals surface area contributed by atoms with Crippen LogP contribution < -0.4 is 5.32 Å². The van der Waals surface area contributed by atoms with Crippen LogP contribution >= 0.6 is 11.6 Å². The number of pyridine rings is 1. The maximum absolute atomic E-state index is 12.5. The standard InChI is InChI=1S/C18H15ClN2O2/c1-12-15(8-10-23-12)18(22)21-17(16-7-2-3-9-20-16)13-5-4-6-14(19)11-13/h2-11,17H,1H3,(H,21,22). The van der Waals surface area contributed by atoms with Crippen LogP contribution in [0.4, 0.5) is 0 Å². The van der Waals surface area contributed by atoms with Gasteiger partial charge in [-0.2, -0.15) is 0 Å². The molecule has 0 aliphatic heterocycles. The summed E-state index contributed by atoms with van der Waals surface area (Å²) in [6.07, 6.45) is 3.20. The number of halogens is 1. The predicted octanol–water partition coefficient (Wildman–Crippen LogP) is 4.16. The van der Waals surface area contributed by atoms with Gasteiger partial charge in [0.15, 0.2) is 0 Å². The summed E-state index contributed by atoms with van der Waals surface area (Å²) in [6.45, 7) is 1.75. The number of furan rings is 1. The molecule has 2 heterocycles. The van der Waals surface area contributed by atoms with Gasteiger partial charge in [-0.15, -0.1) is 0 Å². The van der Waals surface area contributed by atoms with Crippen LogP contribution in [0.2, 0.25) is 5.02 Å². The third-order valence-corrected chi connectivity index (χ3v) is 3.78. The second kappa shape index (κ2) is 6.67. The molecule has 1 atom stereocenters. The van der Waals surface area contributed by atoms with E-state index in [4.69, 9.17) is 16.0 Å². The van der Waals surface area contributed by atoms with E-state index in [9.17, 15) is 4.79 Å². The zero-order chi connectivity index (χ0) is 16.2. The van der Waals surface area contributed by atoms with Crippen LogP contribution in [0.5, 0.6) is 0 Å². The lowest BCUT2D eigenvalue weighted by Crippen LogP contribution is -2.30. The summed E-state index contributed by atoms with van der Waals surface area (Å²) in [5.74, 6) is 0.361. The molecule has 1 N–H and O–H groups in total. The average molecular weight is 327 g/mol. The van der Waals surface area contributed by atoms with Crippen LogP contribution in [0, 0.1) is 6.92 Å². The lowest BCUT2D eigenvalue weighted by atomic mass is 10.0. The van der Waals surface area contributed by atoms with E-state index in [0.29, 0.717) is 16.3 Å². The van der Waals surface area contributed by atoms with Gasteiger partial charge in [-0.05, 0) is 42.8 Å². The molecule has 2 aromatic heterocycles. The number of rotatable bonds is 4. The van der Waals surface area contributed by atoms with Crippen molar-refractivity contribution in [3.05, 3.63) is 88.6 Å². The lowest BCUT2D eigenvalue weighted by molar-refractivity contribution is 0.0940. The number of hydrogen-bond acceptors (Lipinski definition) is 3. The molecule has 0 bridgehead atoms. The van der Waals surface area contributed by atoms with Gasteiger partial charge in [-0.25, -0.2) is 0 Å². The molecule has 0 fully saturated rings. The van der Waals surface area contributed by atoms with Gasteiger partial charge in [0.05, 0.1) is 23.6 Å². The first-order valence-electron chi connectivity index (χ1n) is 7.16. The fourth-order valence-electron chi connectivity index (χ4n) is 2.39. The summed E-state index contributed by atoms with van der Waals surface area (Å²) in [5.41, 5.74) is 2.11. The molecule has 4 nitrogen and oxygen atoms in total. The number of carbonyl (C=O) groups is 1. The smallest absolute Gasteiger partial charge is 0.255 e. The summed E-state index contributed by atoms with van der Waals surface area (Å²) in [4.78, 5) is 16.9. The molecule has 1 aromatic carbocycles. The van der Waals surface area contributed by atoms with Crippen molar-refractivity contribution < 1.29 is 9.21 Å². The van der Waals surface area contributed by atoms with Crippen molar-refractivity contribution in [2.24, 2.45) is 0 Å². The Balaban J connectivity index is 1.96. The molecule has 1 amide bonds.